The Morgan fingerprint density at radius 1 is 1.50 bits per heavy atom. The van der Waals surface area contributed by atoms with Crippen LogP contribution in [0.4, 0.5) is 11.5 Å². The van der Waals surface area contributed by atoms with Crippen molar-refractivity contribution in [2.24, 2.45) is 5.92 Å². The Balaban J connectivity index is 1.82. The zero-order chi connectivity index (χ0) is 14.5. The number of pyridine rings is 1. The molecule has 1 saturated heterocycles. The smallest absolute Gasteiger partial charge is 0.277 e. The second-order valence-corrected chi connectivity index (χ2v) is 5.58. The van der Waals surface area contributed by atoms with Gasteiger partial charge in [0.15, 0.2) is 0 Å². The third-order valence-corrected chi connectivity index (χ3v) is 3.97. The van der Waals surface area contributed by atoms with Gasteiger partial charge in [0.2, 0.25) is 0 Å². The summed E-state index contributed by atoms with van der Waals surface area (Å²) in [6, 6.07) is 1.52. The van der Waals surface area contributed by atoms with Gasteiger partial charge in [-0.1, -0.05) is 0 Å². The van der Waals surface area contributed by atoms with Crippen LogP contribution in [0, 0.1) is 23.0 Å². The number of anilines is 1. The van der Waals surface area contributed by atoms with Crippen LogP contribution in [0.25, 0.3) is 0 Å². The summed E-state index contributed by atoms with van der Waals surface area (Å²) in [5, 5.41) is 14.1. The Kier molecular flexibility index (Phi) is 4.89. The van der Waals surface area contributed by atoms with Crippen molar-refractivity contribution in [1.82, 2.24) is 9.88 Å². The first kappa shape index (κ1) is 14.7. The van der Waals surface area contributed by atoms with Gasteiger partial charge in [-0.3, -0.25) is 10.1 Å². The van der Waals surface area contributed by atoms with Gasteiger partial charge in [-0.05, 0) is 52.2 Å². The van der Waals surface area contributed by atoms with Crippen molar-refractivity contribution in [2.75, 3.05) is 32.0 Å². The lowest BCUT2D eigenvalue weighted by molar-refractivity contribution is -0.385. The molecular weight excluding hydrogens is 256 g/mol. The quantitative estimate of drug-likeness (QED) is 0.661. The molecule has 1 fully saturated rings. The molecule has 0 unspecified atom stereocenters. The van der Waals surface area contributed by atoms with Crippen molar-refractivity contribution in [3.05, 3.63) is 27.9 Å². The fourth-order valence-corrected chi connectivity index (χ4v) is 2.56. The van der Waals surface area contributed by atoms with E-state index >= 15 is 0 Å². The number of rotatable bonds is 5. The third-order valence-electron chi connectivity index (χ3n) is 3.97. The van der Waals surface area contributed by atoms with Gasteiger partial charge in [-0.15, -0.1) is 0 Å². The molecule has 0 saturated carbocycles. The predicted molar refractivity (Wildman–Crippen MR) is 79.0 cm³/mol. The Labute approximate surface area is 119 Å². The van der Waals surface area contributed by atoms with E-state index in [1.54, 1.807) is 13.1 Å². The summed E-state index contributed by atoms with van der Waals surface area (Å²) < 4.78 is 0. The fourth-order valence-electron chi connectivity index (χ4n) is 2.56. The number of aryl methyl sites for hydroxylation is 1. The molecule has 0 radical (unpaired) electrons. The minimum absolute atomic E-state index is 0.127. The Morgan fingerprint density at radius 2 is 2.20 bits per heavy atom. The van der Waals surface area contributed by atoms with Crippen molar-refractivity contribution in [2.45, 2.75) is 26.2 Å². The zero-order valence-corrected chi connectivity index (χ0v) is 12.1. The van der Waals surface area contributed by atoms with Gasteiger partial charge in [0.25, 0.3) is 5.69 Å². The van der Waals surface area contributed by atoms with E-state index < -0.39 is 0 Å². The van der Waals surface area contributed by atoms with Gasteiger partial charge in [-0.25, -0.2) is 4.98 Å². The standard InChI is InChI=1S/C14H22N4O2/c1-11-10-16-14(9-13(11)18(19)20)15-6-3-12-4-7-17(2)8-5-12/h9-10,12H,3-8H2,1-2H3,(H,15,16). The van der Waals surface area contributed by atoms with Gasteiger partial charge in [0.05, 0.1) is 11.0 Å². The minimum atomic E-state index is -0.362. The van der Waals surface area contributed by atoms with E-state index in [4.69, 9.17) is 0 Å². The molecule has 0 spiro atoms. The fraction of sp³-hybridized carbons (Fsp3) is 0.643. The highest BCUT2D eigenvalue weighted by atomic mass is 16.6. The summed E-state index contributed by atoms with van der Waals surface area (Å²) in [4.78, 5) is 17.1. The van der Waals surface area contributed by atoms with E-state index in [2.05, 4.69) is 22.2 Å². The van der Waals surface area contributed by atoms with Crippen LogP contribution < -0.4 is 5.32 Å². The highest BCUT2D eigenvalue weighted by Gasteiger charge is 2.16. The number of nitrogens with zero attached hydrogens (tertiary/aromatic N) is 3. The highest BCUT2D eigenvalue weighted by Crippen LogP contribution is 2.21. The number of nitrogens with one attached hydrogen (secondary N) is 1. The molecule has 2 rings (SSSR count). The van der Waals surface area contributed by atoms with Crippen molar-refractivity contribution >= 4 is 11.5 Å². The van der Waals surface area contributed by atoms with E-state index in [9.17, 15) is 10.1 Å². The lowest BCUT2D eigenvalue weighted by Gasteiger charge is -2.28. The summed E-state index contributed by atoms with van der Waals surface area (Å²) in [7, 11) is 2.16. The van der Waals surface area contributed by atoms with Crippen LogP contribution in [-0.2, 0) is 0 Å². The van der Waals surface area contributed by atoms with E-state index in [0.717, 1.165) is 18.9 Å². The molecular formula is C14H22N4O2. The number of hydrogen-bond donors (Lipinski definition) is 1. The van der Waals surface area contributed by atoms with Crippen LogP contribution in [0.15, 0.2) is 12.3 Å². The molecule has 20 heavy (non-hydrogen) atoms. The maximum atomic E-state index is 10.9. The van der Waals surface area contributed by atoms with E-state index in [-0.39, 0.29) is 10.6 Å². The highest BCUT2D eigenvalue weighted by molar-refractivity contribution is 5.48. The maximum absolute atomic E-state index is 10.9. The largest absolute Gasteiger partial charge is 0.370 e. The minimum Gasteiger partial charge on any atom is -0.370 e. The van der Waals surface area contributed by atoms with Crippen LogP contribution in [0.5, 0.6) is 0 Å². The lowest BCUT2D eigenvalue weighted by Crippen LogP contribution is -2.30. The van der Waals surface area contributed by atoms with E-state index in [1.807, 2.05) is 0 Å². The van der Waals surface area contributed by atoms with Gasteiger partial charge in [-0.2, -0.15) is 0 Å². The summed E-state index contributed by atoms with van der Waals surface area (Å²) in [6.07, 6.45) is 5.12. The normalized spacial score (nSPS) is 17.1. The first-order valence-electron chi connectivity index (χ1n) is 7.09. The number of piperidine rings is 1. The average Bonchev–Trinajstić information content (AvgIpc) is 2.42. The predicted octanol–water partition coefficient (Wildman–Crippen LogP) is 2.44. The summed E-state index contributed by atoms with van der Waals surface area (Å²) in [5.41, 5.74) is 0.720. The van der Waals surface area contributed by atoms with Gasteiger partial charge in [0.1, 0.15) is 5.82 Å². The molecule has 1 aliphatic heterocycles. The van der Waals surface area contributed by atoms with Crippen LogP contribution in [-0.4, -0.2) is 41.5 Å². The second kappa shape index (κ2) is 6.65. The molecule has 1 aliphatic rings. The third kappa shape index (κ3) is 3.90. The number of hydrogen-bond acceptors (Lipinski definition) is 5. The van der Waals surface area contributed by atoms with Crippen LogP contribution in [0.1, 0.15) is 24.8 Å². The molecule has 110 valence electrons. The number of nitro groups is 1. The molecule has 1 N–H and O–H groups in total. The summed E-state index contributed by atoms with van der Waals surface area (Å²) in [6.45, 7) is 4.85. The van der Waals surface area contributed by atoms with Crippen molar-refractivity contribution < 1.29 is 4.92 Å². The molecule has 0 aliphatic carbocycles. The Bertz CT molecular complexity index is 470. The number of aromatic nitrogens is 1. The van der Waals surface area contributed by atoms with E-state index in [0.29, 0.717) is 11.4 Å². The first-order valence-corrected chi connectivity index (χ1v) is 7.09. The molecule has 0 atom stereocenters. The van der Waals surface area contributed by atoms with Crippen molar-refractivity contribution in [1.29, 1.82) is 0 Å². The van der Waals surface area contributed by atoms with Crippen LogP contribution in [0.2, 0.25) is 0 Å². The van der Waals surface area contributed by atoms with Crippen molar-refractivity contribution in [3.8, 4) is 0 Å². The maximum Gasteiger partial charge on any atom is 0.277 e. The van der Waals surface area contributed by atoms with Gasteiger partial charge in [0, 0.05) is 18.3 Å². The second-order valence-electron chi connectivity index (χ2n) is 5.58. The Hall–Kier alpha value is -1.69. The zero-order valence-electron chi connectivity index (χ0n) is 12.1. The molecule has 6 heteroatoms. The SMILES string of the molecule is Cc1cnc(NCCC2CCN(C)CC2)cc1[N+](=O)[O-]. The van der Waals surface area contributed by atoms with Crippen LogP contribution >= 0.6 is 0 Å². The van der Waals surface area contributed by atoms with E-state index in [1.165, 1.54) is 32.0 Å². The first-order chi connectivity index (χ1) is 9.56. The monoisotopic (exact) mass is 278 g/mol. The van der Waals surface area contributed by atoms with Crippen molar-refractivity contribution in [3.63, 3.8) is 0 Å². The van der Waals surface area contributed by atoms with Crippen LogP contribution in [0.3, 0.4) is 0 Å². The topological polar surface area (TPSA) is 71.3 Å². The molecule has 2 heterocycles. The molecule has 1 aromatic heterocycles. The molecule has 0 aromatic carbocycles. The molecule has 0 amide bonds. The Morgan fingerprint density at radius 3 is 2.85 bits per heavy atom. The molecule has 1 aromatic rings. The van der Waals surface area contributed by atoms with Gasteiger partial charge < -0.3 is 10.2 Å². The van der Waals surface area contributed by atoms with Gasteiger partial charge >= 0.3 is 0 Å². The average molecular weight is 278 g/mol. The summed E-state index contributed by atoms with van der Waals surface area (Å²) >= 11 is 0. The molecule has 6 nitrogen and oxygen atoms in total. The summed E-state index contributed by atoms with van der Waals surface area (Å²) in [5.74, 6) is 1.34. The molecule has 0 bridgehead atoms. The lowest BCUT2D eigenvalue weighted by atomic mass is 9.94. The number of likely N-dealkylation sites (tertiary alicyclic amines) is 1.